The molecule has 1 aliphatic heterocycles. The number of fused-ring (bicyclic) bond motifs is 1. The molecule has 0 saturated heterocycles. The third-order valence-electron chi connectivity index (χ3n) is 3.22. The smallest absolute Gasteiger partial charge is 0.262 e. The first-order valence-electron chi connectivity index (χ1n) is 6.71. The van der Waals surface area contributed by atoms with Crippen LogP contribution in [0.4, 0.5) is 10.1 Å². The van der Waals surface area contributed by atoms with Gasteiger partial charge in [0.25, 0.3) is 11.8 Å². The van der Waals surface area contributed by atoms with Crippen molar-refractivity contribution in [3.05, 3.63) is 59.4 Å². The Kier molecular flexibility index (Phi) is 3.74. The van der Waals surface area contributed by atoms with Crippen molar-refractivity contribution in [1.82, 2.24) is 5.32 Å². The van der Waals surface area contributed by atoms with E-state index >= 15 is 0 Å². The molecule has 22 heavy (non-hydrogen) atoms. The van der Waals surface area contributed by atoms with Gasteiger partial charge in [0, 0.05) is 12.1 Å². The van der Waals surface area contributed by atoms with Gasteiger partial charge in [0.1, 0.15) is 11.6 Å². The summed E-state index contributed by atoms with van der Waals surface area (Å²) in [5.41, 5.74) is 1.62. The van der Waals surface area contributed by atoms with Gasteiger partial charge in [-0.05, 0) is 35.9 Å². The van der Waals surface area contributed by atoms with E-state index in [2.05, 4.69) is 10.6 Å². The minimum Gasteiger partial charge on any atom is -0.482 e. The molecule has 2 aromatic carbocycles. The highest BCUT2D eigenvalue weighted by molar-refractivity contribution is 5.98. The van der Waals surface area contributed by atoms with Crippen LogP contribution in [0.25, 0.3) is 0 Å². The van der Waals surface area contributed by atoms with Crippen LogP contribution in [-0.2, 0) is 11.3 Å². The number of halogens is 1. The molecule has 112 valence electrons. The van der Waals surface area contributed by atoms with E-state index < -0.39 is 0 Å². The average molecular weight is 300 g/mol. The second kappa shape index (κ2) is 5.85. The lowest BCUT2D eigenvalue weighted by molar-refractivity contribution is -0.118. The van der Waals surface area contributed by atoms with Gasteiger partial charge in [-0.15, -0.1) is 0 Å². The number of hydrogen-bond acceptors (Lipinski definition) is 3. The van der Waals surface area contributed by atoms with E-state index in [0.29, 0.717) is 22.6 Å². The number of hydrogen-bond donors (Lipinski definition) is 2. The van der Waals surface area contributed by atoms with Crippen LogP contribution in [0.3, 0.4) is 0 Å². The Bertz CT molecular complexity index is 746. The standard InChI is InChI=1S/C16H13FN2O3/c17-12-3-1-2-10(6-12)8-18-16(21)11-4-5-13-14(7-11)22-9-15(20)19-13/h1-7H,8-9H2,(H,18,21)(H,19,20). The van der Waals surface area contributed by atoms with E-state index in [-0.39, 0.29) is 30.8 Å². The molecule has 0 aromatic heterocycles. The van der Waals surface area contributed by atoms with Crippen LogP contribution in [0.15, 0.2) is 42.5 Å². The molecule has 0 fully saturated rings. The van der Waals surface area contributed by atoms with Crippen molar-refractivity contribution >= 4 is 17.5 Å². The first kappa shape index (κ1) is 14.1. The van der Waals surface area contributed by atoms with Crippen molar-refractivity contribution in [2.24, 2.45) is 0 Å². The molecule has 5 nitrogen and oxygen atoms in total. The Morgan fingerprint density at radius 2 is 2.14 bits per heavy atom. The third-order valence-corrected chi connectivity index (χ3v) is 3.22. The maximum Gasteiger partial charge on any atom is 0.262 e. The fourth-order valence-electron chi connectivity index (χ4n) is 2.15. The zero-order chi connectivity index (χ0) is 15.5. The molecule has 0 saturated carbocycles. The summed E-state index contributed by atoms with van der Waals surface area (Å²) in [6, 6.07) is 10.8. The fraction of sp³-hybridized carbons (Fsp3) is 0.125. The maximum atomic E-state index is 13.1. The van der Waals surface area contributed by atoms with Gasteiger partial charge in [-0.3, -0.25) is 9.59 Å². The predicted molar refractivity (Wildman–Crippen MR) is 78.1 cm³/mol. The number of carbonyl (C=O) groups is 2. The van der Waals surface area contributed by atoms with Gasteiger partial charge >= 0.3 is 0 Å². The predicted octanol–water partition coefficient (Wildman–Crippen LogP) is 2.09. The van der Waals surface area contributed by atoms with Crippen molar-refractivity contribution in [1.29, 1.82) is 0 Å². The molecule has 2 aromatic rings. The fourth-order valence-corrected chi connectivity index (χ4v) is 2.15. The van der Waals surface area contributed by atoms with Gasteiger partial charge in [-0.2, -0.15) is 0 Å². The highest BCUT2D eigenvalue weighted by atomic mass is 19.1. The lowest BCUT2D eigenvalue weighted by atomic mass is 10.1. The second-order valence-corrected chi connectivity index (χ2v) is 4.86. The highest BCUT2D eigenvalue weighted by Crippen LogP contribution is 2.28. The van der Waals surface area contributed by atoms with Gasteiger partial charge in [-0.25, -0.2) is 4.39 Å². The minimum absolute atomic E-state index is 0.0681. The molecule has 0 bridgehead atoms. The van der Waals surface area contributed by atoms with E-state index in [9.17, 15) is 14.0 Å². The topological polar surface area (TPSA) is 67.4 Å². The Morgan fingerprint density at radius 3 is 2.95 bits per heavy atom. The molecular formula is C16H13FN2O3. The second-order valence-electron chi connectivity index (χ2n) is 4.86. The first-order chi connectivity index (χ1) is 10.6. The molecule has 0 spiro atoms. The summed E-state index contributed by atoms with van der Waals surface area (Å²) in [6.45, 7) is 0.159. The van der Waals surface area contributed by atoms with Gasteiger partial charge < -0.3 is 15.4 Å². The molecule has 2 N–H and O–H groups in total. The summed E-state index contributed by atoms with van der Waals surface area (Å²) < 4.78 is 18.3. The van der Waals surface area contributed by atoms with Crippen LogP contribution < -0.4 is 15.4 Å². The van der Waals surface area contributed by atoms with E-state index in [1.54, 1.807) is 30.3 Å². The number of anilines is 1. The molecule has 0 atom stereocenters. The summed E-state index contributed by atoms with van der Waals surface area (Å²) in [7, 11) is 0. The number of rotatable bonds is 3. The molecule has 1 heterocycles. The Labute approximate surface area is 126 Å². The molecule has 3 rings (SSSR count). The van der Waals surface area contributed by atoms with Crippen LogP contribution in [0.1, 0.15) is 15.9 Å². The van der Waals surface area contributed by atoms with Crippen LogP contribution in [0.5, 0.6) is 5.75 Å². The third kappa shape index (κ3) is 3.06. The number of amides is 2. The lowest BCUT2D eigenvalue weighted by Crippen LogP contribution is -2.26. The van der Waals surface area contributed by atoms with Crippen molar-refractivity contribution in [3.8, 4) is 5.75 Å². The number of benzene rings is 2. The monoisotopic (exact) mass is 300 g/mol. The zero-order valence-corrected chi connectivity index (χ0v) is 11.6. The van der Waals surface area contributed by atoms with Gasteiger partial charge in [0.05, 0.1) is 5.69 Å². The van der Waals surface area contributed by atoms with Crippen LogP contribution in [-0.4, -0.2) is 18.4 Å². The molecular weight excluding hydrogens is 287 g/mol. The summed E-state index contributed by atoms with van der Waals surface area (Å²) in [5, 5.41) is 5.36. The Balaban J connectivity index is 1.69. The lowest BCUT2D eigenvalue weighted by Gasteiger charge is -2.18. The summed E-state index contributed by atoms with van der Waals surface area (Å²) in [4.78, 5) is 23.3. The van der Waals surface area contributed by atoms with E-state index in [0.717, 1.165) is 0 Å². The van der Waals surface area contributed by atoms with Crippen LogP contribution in [0, 0.1) is 5.82 Å². The normalized spacial score (nSPS) is 12.9. The van der Waals surface area contributed by atoms with Crippen LogP contribution in [0.2, 0.25) is 0 Å². The summed E-state index contributed by atoms with van der Waals surface area (Å²) >= 11 is 0. The first-order valence-corrected chi connectivity index (χ1v) is 6.71. The number of ether oxygens (including phenoxy) is 1. The van der Waals surface area contributed by atoms with E-state index in [4.69, 9.17) is 4.74 Å². The summed E-state index contributed by atoms with van der Waals surface area (Å²) in [5.74, 6) is -0.411. The Hall–Kier alpha value is -2.89. The Morgan fingerprint density at radius 1 is 1.27 bits per heavy atom. The summed E-state index contributed by atoms with van der Waals surface area (Å²) in [6.07, 6.45) is 0. The van der Waals surface area contributed by atoms with Gasteiger partial charge in [0.2, 0.25) is 0 Å². The number of nitrogens with one attached hydrogen (secondary N) is 2. The van der Waals surface area contributed by atoms with Crippen molar-refractivity contribution in [3.63, 3.8) is 0 Å². The number of carbonyl (C=O) groups excluding carboxylic acids is 2. The SMILES string of the molecule is O=C1COc2cc(C(=O)NCc3cccc(F)c3)ccc2N1. The van der Waals surface area contributed by atoms with Crippen molar-refractivity contribution in [2.75, 3.05) is 11.9 Å². The van der Waals surface area contributed by atoms with E-state index in [1.165, 1.54) is 12.1 Å². The minimum atomic E-state index is -0.343. The van der Waals surface area contributed by atoms with Crippen molar-refractivity contribution < 1.29 is 18.7 Å². The molecule has 1 aliphatic rings. The van der Waals surface area contributed by atoms with Crippen LogP contribution >= 0.6 is 0 Å². The highest BCUT2D eigenvalue weighted by Gasteiger charge is 2.17. The van der Waals surface area contributed by atoms with Crippen molar-refractivity contribution in [2.45, 2.75) is 6.54 Å². The quantitative estimate of drug-likeness (QED) is 0.912. The molecule has 6 heteroatoms. The largest absolute Gasteiger partial charge is 0.482 e. The van der Waals surface area contributed by atoms with E-state index in [1.807, 2.05) is 0 Å². The maximum absolute atomic E-state index is 13.1. The zero-order valence-electron chi connectivity index (χ0n) is 11.6. The van der Waals surface area contributed by atoms with Gasteiger partial charge in [-0.1, -0.05) is 12.1 Å². The average Bonchev–Trinajstić information content (AvgIpc) is 2.52. The molecule has 0 radical (unpaired) electrons. The molecule has 0 aliphatic carbocycles. The molecule has 2 amide bonds. The van der Waals surface area contributed by atoms with Gasteiger partial charge in [0.15, 0.2) is 6.61 Å². The molecule has 0 unspecified atom stereocenters.